The number of carbonyl (C=O) groups excluding carboxylic acids is 1. The molecule has 0 aliphatic heterocycles. The molecule has 0 heterocycles. The zero-order valence-electron chi connectivity index (χ0n) is 12.1. The van der Waals surface area contributed by atoms with Gasteiger partial charge in [-0.25, -0.2) is 0 Å². The quantitative estimate of drug-likeness (QED) is 0.632. The molecule has 21 heavy (non-hydrogen) atoms. The Balaban J connectivity index is 2.11. The van der Waals surface area contributed by atoms with Gasteiger partial charge in [0, 0.05) is 12.2 Å². The monoisotopic (exact) mass is 284 g/mol. The molecule has 2 rings (SSSR count). The van der Waals surface area contributed by atoms with Gasteiger partial charge in [-0.3, -0.25) is 4.79 Å². The number of hydrogen-bond donors (Lipinski definition) is 2. The van der Waals surface area contributed by atoms with Crippen LogP contribution in [0.4, 0.5) is 5.69 Å². The van der Waals surface area contributed by atoms with Gasteiger partial charge in [-0.1, -0.05) is 36.4 Å². The molecule has 0 aliphatic rings. The topological polar surface area (TPSA) is 64.3 Å². The van der Waals surface area contributed by atoms with E-state index in [2.05, 4.69) is 17.4 Å². The predicted octanol–water partition coefficient (Wildman–Crippen LogP) is 2.59. The van der Waals surface area contributed by atoms with Crippen LogP contribution >= 0.6 is 0 Å². The van der Waals surface area contributed by atoms with Crippen LogP contribution in [-0.2, 0) is 16.1 Å². The molecule has 0 fully saturated rings. The largest absolute Gasteiger partial charge is 0.465 e. The first kappa shape index (κ1) is 15.1. The van der Waals surface area contributed by atoms with E-state index in [9.17, 15) is 4.79 Å². The maximum Gasteiger partial charge on any atom is 0.319 e. The number of esters is 1. The van der Waals surface area contributed by atoms with Crippen molar-refractivity contribution in [2.75, 3.05) is 18.9 Å². The molecule has 4 heteroatoms. The Kier molecular flexibility index (Phi) is 5.35. The normalized spacial score (nSPS) is 10.3. The van der Waals surface area contributed by atoms with E-state index < -0.39 is 0 Å². The SMILES string of the molecule is CCOC(=O)CNCc1cc(N)ccc1-c1ccccc1. The Hall–Kier alpha value is -2.33. The molecule has 0 saturated heterocycles. The minimum Gasteiger partial charge on any atom is -0.465 e. The molecule has 0 atom stereocenters. The Morgan fingerprint density at radius 3 is 2.67 bits per heavy atom. The van der Waals surface area contributed by atoms with Crippen molar-refractivity contribution >= 4 is 11.7 Å². The lowest BCUT2D eigenvalue weighted by Gasteiger charge is -2.12. The summed E-state index contributed by atoms with van der Waals surface area (Å²) in [6, 6.07) is 15.9. The summed E-state index contributed by atoms with van der Waals surface area (Å²) in [5.74, 6) is -0.248. The fraction of sp³-hybridized carbons (Fsp3) is 0.235. The van der Waals surface area contributed by atoms with Crippen LogP contribution in [0.1, 0.15) is 12.5 Å². The summed E-state index contributed by atoms with van der Waals surface area (Å²) in [7, 11) is 0. The lowest BCUT2D eigenvalue weighted by atomic mass is 9.99. The molecule has 3 N–H and O–H groups in total. The van der Waals surface area contributed by atoms with Gasteiger partial charge in [-0.15, -0.1) is 0 Å². The van der Waals surface area contributed by atoms with Gasteiger partial charge in [0.25, 0.3) is 0 Å². The molecule has 2 aromatic carbocycles. The van der Waals surface area contributed by atoms with E-state index in [-0.39, 0.29) is 12.5 Å². The molecule has 4 nitrogen and oxygen atoms in total. The van der Waals surface area contributed by atoms with Crippen molar-refractivity contribution in [2.24, 2.45) is 0 Å². The number of carbonyl (C=O) groups is 1. The first-order valence-electron chi connectivity index (χ1n) is 7.01. The summed E-state index contributed by atoms with van der Waals surface area (Å²) in [5, 5.41) is 3.09. The maximum atomic E-state index is 11.3. The van der Waals surface area contributed by atoms with Crippen molar-refractivity contribution in [1.82, 2.24) is 5.32 Å². The zero-order chi connectivity index (χ0) is 15.1. The summed E-state index contributed by atoms with van der Waals surface area (Å²) in [6.07, 6.45) is 0. The lowest BCUT2D eigenvalue weighted by Crippen LogP contribution is -2.24. The molecular formula is C17H20N2O2. The second-order valence-corrected chi connectivity index (χ2v) is 4.69. The first-order chi connectivity index (χ1) is 10.2. The van der Waals surface area contributed by atoms with Gasteiger partial charge in [-0.2, -0.15) is 0 Å². The Morgan fingerprint density at radius 1 is 1.19 bits per heavy atom. The van der Waals surface area contributed by atoms with E-state index in [4.69, 9.17) is 10.5 Å². The highest BCUT2D eigenvalue weighted by molar-refractivity contribution is 5.72. The van der Waals surface area contributed by atoms with E-state index in [1.165, 1.54) is 0 Å². The number of nitrogens with one attached hydrogen (secondary N) is 1. The third-order valence-electron chi connectivity index (χ3n) is 3.10. The van der Waals surface area contributed by atoms with Crippen LogP contribution in [0.5, 0.6) is 0 Å². The first-order valence-corrected chi connectivity index (χ1v) is 7.01. The Labute approximate surface area is 124 Å². The number of rotatable bonds is 6. The van der Waals surface area contributed by atoms with Crippen LogP contribution in [-0.4, -0.2) is 19.1 Å². The molecular weight excluding hydrogens is 264 g/mol. The lowest BCUT2D eigenvalue weighted by molar-refractivity contribution is -0.142. The highest BCUT2D eigenvalue weighted by Crippen LogP contribution is 2.25. The van der Waals surface area contributed by atoms with Gasteiger partial charge in [0.2, 0.25) is 0 Å². The van der Waals surface area contributed by atoms with Crippen molar-refractivity contribution < 1.29 is 9.53 Å². The molecule has 2 aromatic rings. The molecule has 0 saturated carbocycles. The van der Waals surface area contributed by atoms with Crippen molar-refractivity contribution in [3.63, 3.8) is 0 Å². The molecule has 0 bridgehead atoms. The maximum absolute atomic E-state index is 11.3. The summed E-state index contributed by atoms with van der Waals surface area (Å²) in [4.78, 5) is 11.3. The van der Waals surface area contributed by atoms with Crippen LogP contribution in [0.25, 0.3) is 11.1 Å². The van der Waals surface area contributed by atoms with E-state index in [0.717, 1.165) is 16.7 Å². The third kappa shape index (κ3) is 4.33. The number of anilines is 1. The van der Waals surface area contributed by atoms with Crippen molar-refractivity contribution in [1.29, 1.82) is 0 Å². The summed E-state index contributed by atoms with van der Waals surface area (Å²) < 4.78 is 4.89. The Bertz CT molecular complexity index is 597. The standard InChI is InChI=1S/C17H20N2O2/c1-2-21-17(20)12-19-11-14-10-15(18)8-9-16(14)13-6-4-3-5-7-13/h3-10,19H,2,11-12,18H2,1H3. The molecule has 0 unspecified atom stereocenters. The highest BCUT2D eigenvalue weighted by Gasteiger charge is 2.07. The van der Waals surface area contributed by atoms with Gasteiger partial charge in [0.1, 0.15) is 0 Å². The van der Waals surface area contributed by atoms with Crippen LogP contribution in [0, 0.1) is 0 Å². The van der Waals surface area contributed by atoms with Crippen LogP contribution < -0.4 is 11.1 Å². The predicted molar refractivity (Wildman–Crippen MR) is 84.6 cm³/mol. The minimum atomic E-state index is -0.248. The number of hydrogen-bond acceptors (Lipinski definition) is 4. The van der Waals surface area contributed by atoms with Crippen molar-refractivity contribution in [2.45, 2.75) is 13.5 Å². The molecule has 0 aromatic heterocycles. The summed E-state index contributed by atoms with van der Waals surface area (Å²) >= 11 is 0. The van der Waals surface area contributed by atoms with Crippen LogP contribution in [0.3, 0.4) is 0 Å². The molecule has 110 valence electrons. The van der Waals surface area contributed by atoms with Crippen molar-refractivity contribution in [3.8, 4) is 11.1 Å². The van der Waals surface area contributed by atoms with Gasteiger partial charge < -0.3 is 15.8 Å². The van der Waals surface area contributed by atoms with Gasteiger partial charge in [0.15, 0.2) is 0 Å². The van der Waals surface area contributed by atoms with Crippen LogP contribution in [0.2, 0.25) is 0 Å². The van der Waals surface area contributed by atoms with Crippen molar-refractivity contribution in [3.05, 3.63) is 54.1 Å². The number of benzene rings is 2. The average Bonchev–Trinajstić information content (AvgIpc) is 2.48. The van der Waals surface area contributed by atoms with E-state index in [0.29, 0.717) is 18.8 Å². The Morgan fingerprint density at radius 2 is 1.95 bits per heavy atom. The summed E-state index contributed by atoms with van der Waals surface area (Å²) in [6.45, 7) is 2.95. The number of ether oxygens (including phenoxy) is 1. The van der Waals surface area contributed by atoms with E-state index >= 15 is 0 Å². The fourth-order valence-electron chi connectivity index (χ4n) is 2.17. The zero-order valence-corrected chi connectivity index (χ0v) is 12.1. The smallest absolute Gasteiger partial charge is 0.319 e. The fourth-order valence-corrected chi connectivity index (χ4v) is 2.17. The van der Waals surface area contributed by atoms with Crippen LogP contribution in [0.15, 0.2) is 48.5 Å². The van der Waals surface area contributed by atoms with E-state index in [1.807, 2.05) is 36.4 Å². The second kappa shape index (κ2) is 7.45. The number of nitrogens with two attached hydrogens (primary N) is 1. The molecule has 0 amide bonds. The van der Waals surface area contributed by atoms with Gasteiger partial charge in [-0.05, 0) is 35.7 Å². The summed E-state index contributed by atoms with van der Waals surface area (Å²) in [5.41, 5.74) is 9.88. The average molecular weight is 284 g/mol. The third-order valence-corrected chi connectivity index (χ3v) is 3.10. The van der Waals surface area contributed by atoms with E-state index in [1.54, 1.807) is 6.92 Å². The molecule has 0 radical (unpaired) electrons. The minimum absolute atomic E-state index is 0.191. The van der Waals surface area contributed by atoms with Gasteiger partial charge >= 0.3 is 5.97 Å². The highest BCUT2D eigenvalue weighted by atomic mass is 16.5. The molecule has 0 spiro atoms. The second-order valence-electron chi connectivity index (χ2n) is 4.69. The number of nitrogen functional groups attached to an aromatic ring is 1. The molecule has 0 aliphatic carbocycles. The van der Waals surface area contributed by atoms with Gasteiger partial charge in [0.05, 0.1) is 13.2 Å².